The van der Waals surface area contributed by atoms with Gasteiger partial charge >= 0.3 is 33.6 Å². The van der Waals surface area contributed by atoms with Gasteiger partial charge in [-0.25, -0.2) is 4.57 Å². The van der Waals surface area contributed by atoms with E-state index >= 15 is 0 Å². The van der Waals surface area contributed by atoms with E-state index in [1.54, 1.807) is 0 Å². The molecule has 61 valence electrons. The predicted molar refractivity (Wildman–Crippen MR) is 15.6 cm³/mol. The van der Waals surface area contributed by atoms with Gasteiger partial charge in [0.25, 0.3) is 0 Å². The molecular weight excluding hydrogens is 282 g/mol. The van der Waals surface area contributed by atoms with Crippen LogP contribution in [0.1, 0.15) is 0 Å². The van der Waals surface area contributed by atoms with Gasteiger partial charge in [0.2, 0.25) is 0 Å². The quantitative estimate of drug-likeness (QED) is 0.382. The van der Waals surface area contributed by atoms with Crippen LogP contribution in [0, 0.1) is 0 Å². The molecule has 0 spiro atoms. The summed E-state index contributed by atoms with van der Waals surface area (Å²) in [6, 6.07) is 0. The Balaban J connectivity index is -0.0000000326. The zero-order valence-electron chi connectivity index (χ0n) is 4.35. The molecule has 6 nitrogen and oxygen atoms in total. The maximum atomic E-state index is 8.88. The van der Waals surface area contributed by atoms with E-state index in [9.17, 15) is 0 Å². The van der Waals surface area contributed by atoms with Crippen molar-refractivity contribution in [3.63, 3.8) is 0 Å². The normalized spacial score (nSPS) is 6.70. The van der Waals surface area contributed by atoms with Gasteiger partial charge < -0.3 is 14.7 Å². The van der Waals surface area contributed by atoms with Crippen molar-refractivity contribution < 1.29 is 83.5 Å². The monoisotopic (exact) mass is 285 g/mol. The first kappa shape index (κ1) is 22.6. The van der Waals surface area contributed by atoms with Crippen LogP contribution in [0.4, 0.5) is 0 Å². The molecule has 0 rings (SSSR count). The maximum absolute atomic E-state index is 8.88. The standard InChI is InChI=1S/Co.H3O4P.2O.2Ti/c;1-5(2,3)4;;;;/h;(H3,1,2,3,4);;;;. The fourth-order valence-electron chi connectivity index (χ4n) is 0. The molecule has 3 N–H and O–H groups in total. The van der Waals surface area contributed by atoms with E-state index in [1.165, 1.54) is 0 Å². The van der Waals surface area contributed by atoms with Crippen LogP contribution in [0.15, 0.2) is 0 Å². The van der Waals surface area contributed by atoms with Crippen molar-refractivity contribution >= 4 is 7.82 Å². The van der Waals surface area contributed by atoms with Crippen LogP contribution in [0.3, 0.4) is 0 Å². The predicted octanol–water partition coefficient (Wildman–Crippen LogP) is -1.17. The third-order valence-corrected chi connectivity index (χ3v) is 0. The van der Waals surface area contributed by atoms with Crippen molar-refractivity contribution in [3.8, 4) is 0 Å². The Kier molecular flexibility index (Phi) is 29.9. The van der Waals surface area contributed by atoms with Crippen LogP contribution in [0.25, 0.3) is 0 Å². The molecule has 0 aliphatic carbocycles. The molecule has 0 amide bonds. The van der Waals surface area contributed by atoms with Gasteiger partial charge in [0.05, 0.1) is 0 Å². The summed E-state index contributed by atoms with van der Waals surface area (Å²) in [7, 11) is -4.64. The second-order valence-corrected chi connectivity index (χ2v) is 1.88. The van der Waals surface area contributed by atoms with Gasteiger partial charge in [0, 0.05) is 38.5 Å². The van der Waals surface area contributed by atoms with Gasteiger partial charge in [0.15, 0.2) is 0 Å². The molecule has 0 bridgehead atoms. The van der Waals surface area contributed by atoms with Crippen molar-refractivity contribution in [1.29, 1.82) is 0 Å². The molecular formula is H3CoO6PTi2. The molecule has 0 fully saturated rings. The van der Waals surface area contributed by atoms with Gasteiger partial charge in [-0.05, 0) is 0 Å². The minimum atomic E-state index is -4.64. The Morgan fingerprint density at radius 1 is 1.10 bits per heavy atom. The summed E-state index contributed by atoms with van der Waals surface area (Å²) in [5, 5.41) is 0. The van der Waals surface area contributed by atoms with Crippen molar-refractivity contribution in [2.45, 2.75) is 0 Å². The zero-order chi connectivity index (χ0) is 7.21. The van der Waals surface area contributed by atoms with Crippen LogP contribution in [-0.4, -0.2) is 14.7 Å². The molecule has 0 aliphatic heterocycles. The maximum Gasteiger partial charge on any atom is 0 e. The molecule has 0 heterocycles. The second kappa shape index (κ2) is 13.3. The minimum absolute atomic E-state index is 0. The fourth-order valence-corrected chi connectivity index (χ4v) is 0. The van der Waals surface area contributed by atoms with Crippen LogP contribution < -0.4 is 0 Å². The average Bonchev–Trinajstić information content (AvgIpc) is 1.27. The number of hydrogen-bond donors (Lipinski definition) is 3. The van der Waals surface area contributed by atoms with E-state index < -0.39 is 26.9 Å². The molecule has 0 atom stereocenters. The third-order valence-electron chi connectivity index (χ3n) is 0. The average molecular weight is 285 g/mol. The molecule has 10 heavy (non-hydrogen) atoms. The Hall–Kier alpha value is 1.65. The number of rotatable bonds is 0. The molecule has 10 heteroatoms. The Morgan fingerprint density at radius 2 is 1.10 bits per heavy atom. The molecule has 0 aromatic heterocycles. The van der Waals surface area contributed by atoms with E-state index in [2.05, 4.69) is 0 Å². The van der Waals surface area contributed by atoms with Crippen LogP contribution >= 0.6 is 7.82 Å². The topological polar surface area (TPSA) is 112 Å². The van der Waals surface area contributed by atoms with E-state index in [1.807, 2.05) is 0 Å². The molecule has 0 unspecified atom stereocenters. The first-order chi connectivity index (χ1) is 3.41. The first-order valence-corrected chi connectivity index (χ1v) is 4.03. The van der Waals surface area contributed by atoms with Crippen molar-refractivity contribution in [2.24, 2.45) is 0 Å². The second-order valence-electron chi connectivity index (χ2n) is 0.597. The van der Waals surface area contributed by atoms with Crippen molar-refractivity contribution in [3.05, 3.63) is 0 Å². The van der Waals surface area contributed by atoms with E-state index in [0.717, 1.165) is 0 Å². The number of phosphoric acid groups is 1. The molecule has 0 saturated carbocycles. The van der Waals surface area contributed by atoms with Gasteiger partial charge in [-0.15, -0.1) is 0 Å². The van der Waals surface area contributed by atoms with Gasteiger partial charge in [-0.3, -0.25) is 0 Å². The van der Waals surface area contributed by atoms with Crippen molar-refractivity contribution in [1.82, 2.24) is 0 Å². The van der Waals surface area contributed by atoms with Crippen molar-refractivity contribution in [2.75, 3.05) is 0 Å². The largest absolute Gasteiger partial charge is 0 e. The molecule has 0 aromatic carbocycles. The first-order valence-electron chi connectivity index (χ1n) is 1.19. The summed E-state index contributed by atoms with van der Waals surface area (Å²) in [4.78, 5) is 21.6. The summed E-state index contributed by atoms with van der Waals surface area (Å²) in [5.41, 5.74) is 0. The minimum Gasteiger partial charge on any atom is 0 e. The molecule has 0 aromatic rings. The van der Waals surface area contributed by atoms with E-state index in [4.69, 9.17) is 25.9 Å². The summed E-state index contributed by atoms with van der Waals surface area (Å²) in [6.07, 6.45) is 0. The Morgan fingerprint density at radius 3 is 1.10 bits per heavy atom. The van der Waals surface area contributed by atoms with Gasteiger partial charge in [-0.1, -0.05) is 0 Å². The van der Waals surface area contributed by atoms with Gasteiger partial charge in [-0.2, -0.15) is 0 Å². The van der Waals surface area contributed by atoms with E-state index in [0.29, 0.717) is 0 Å². The molecule has 1 radical (unpaired) electrons. The Bertz CT molecular complexity index is 113. The zero-order valence-corrected chi connectivity index (χ0v) is 9.41. The summed E-state index contributed by atoms with van der Waals surface area (Å²) in [6.45, 7) is 0. The third kappa shape index (κ3) is 266. The fraction of sp³-hybridized carbons (Fsp3) is 0. The SMILES string of the molecule is O=P(O)(O)O.[Co].[O]=[Ti]=[O].[Ti]. The smallest absolute Gasteiger partial charge is 0 e. The van der Waals surface area contributed by atoms with E-state index in [-0.39, 0.29) is 38.5 Å². The number of hydrogen-bond acceptors (Lipinski definition) is 3. The van der Waals surface area contributed by atoms with Crippen LogP contribution in [-0.2, 0) is 68.8 Å². The summed E-state index contributed by atoms with van der Waals surface area (Å²) >= 11 is -2.00. The molecule has 0 aliphatic rings. The Labute approximate surface area is 90.7 Å². The van der Waals surface area contributed by atoms with Crippen LogP contribution in [0.2, 0.25) is 0 Å². The van der Waals surface area contributed by atoms with Crippen LogP contribution in [0.5, 0.6) is 0 Å². The molecule has 0 saturated heterocycles. The van der Waals surface area contributed by atoms with Gasteiger partial charge in [0.1, 0.15) is 0 Å². The summed E-state index contributed by atoms with van der Waals surface area (Å²) in [5.74, 6) is 0. The summed E-state index contributed by atoms with van der Waals surface area (Å²) < 4.78 is 25.9.